The zero-order valence-electron chi connectivity index (χ0n) is 9.81. The SMILES string of the molecule is Cc1ncoc1C(=O)Nc1c(N)c(C)nn1C. The van der Waals surface area contributed by atoms with E-state index < -0.39 is 5.91 Å². The van der Waals surface area contributed by atoms with Crippen molar-refractivity contribution in [2.24, 2.45) is 7.05 Å². The summed E-state index contributed by atoms with van der Waals surface area (Å²) >= 11 is 0. The molecule has 2 rings (SSSR count). The number of hydrogen-bond acceptors (Lipinski definition) is 5. The summed E-state index contributed by atoms with van der Waals surface area (Å²) in [5.74, 6) is 0.223. The van der Waals surface area contributed by atoms with Gasteiger partial charge < -0.3 is 15.5 Å². The molecule has 2 aromatic rings. The first-order chi connectivity index (χ1) is 8.00. The minimum Gasteiger partial charge on any atom is -0.438 e. The number of nitrogens with two attached hydrogens (primary N) is 1. The highest BCUT2D eigenvalue weighted by atomic mass is 16.3. The number of aryl methyl sites for hydroxylation is 3. The second-order valence-corrected chi connectivity index (χ2v) is 3.69. The zero-order valence-corrected chi connectivity index (χ0v) is 9.81. The van der Waals surface area contributed by atoms with Crippen LogP contribution in [-0.2, 0) is 7.05 Å². The number of carbonyl (C=O) groups excluding carboxylic acids is 1. The van der Waals surface area contributed by atoms with Crippen LogP contribution >= 0.6 is 0 Å². The standard InChI is InChI=1S/C10H13N5O2/c1-5-7(11)9(15(3)14-5)13-10(16)8-6(2)12-4-17-8/h4H,11H2,1-3H3,(H,13,16). The van der Waals surface area contributed by atoms with Gasteiger partial charge in [0.05, 0.1) is 17.1 Å². The van der Waals surface area contributed by atoms with Crippen LogP contribution in [0, 0.1) is 13.8 Å². The molecule has 3 N–H and O–H groups in total. The van der Waals surface area contributed by atoms with Gasteiger partial charge in [-0.25, -0.2) is 4.98 Å². The third-order valence-electron chi connectivity index (χ3n) is 2.45. The first kappa shape index (κ1) is 11.2. The molecule has 0 spiro atoms. The Morgan fingerprint density at radius 3 is 2.65 bits per heavy atom. The predicted octanol–water partition coefficient (Wildman–Crippen LogP) is 0.859. The monoisotopic (exact) mass is 235 g/mol. The quantitative estimate of drug-likeness (QED) is 0.804. The molecule has 90 valence electrons. The molecule has 0 aliphatic rings. The Balaban J connectivity index is 2.28. The Hall–Kier alpha value is -2.31. The molecule has 0 bridgehead atoms. The lowest BCUT2D eigenvalue weighted by atomic mass is 10.3. The van der Waals surface area contributed by atoms with Crippen LogP contribution in [0.1, 0.15) is 21.9 Å². The van der Waals surface area contributed by atoms with Gasteiger partial charge in [-0.2, -0.15) is 5.10 Å². The molecule has 0 aromatic carbocycles. The molecule has 2 aromatic heterocycles. The topological polar surface area (TPSA) is 99.0 Å². The first-order valence-electron chi connectivity index (χ1n) is 5.01. The molecule has 0 unspecified atom stereocenters. The van der Waals surface area contributed by atoms with Crippen molar-refractivity contribution in [1.82, 2.24) is 14.8 Å². The lowest BCUT2D eigenvalue weighted by Gasteiger charge is -2.04. The summed E-state index contributed by atoms with van der Waals surface area (Å²) in [6.07, 6.45) is 1.22. The van der Waals surface area contributed by atoms with E-state index >= 15 is 0 Å². The van der Waals surface area contributed by atoms with Gasteiger partial charge in [0.2, 0.25) is 5.76 Å². The van der Waals surface area contributed by atoms with Crippen molar-refractivity contribution in [2.75, 3.05) is 11.1 Å². The van der Waals surface area contributed by atoms with Crippen molar-refractivity contribution in [2.45, 2.75) is 13.8 Å². The van der Waals surface area contributed by atoms with E-state index in [1.54, 1.807) is 20.9 Å². The molecule has 2 heterocycles. The second kappa shape index (κ2) is 3.93. The van der Waals surface area contributed by atoms with Crippen LogP contribution < -0.4 is 11.1 Å². The molecular weight excluding hydrogens is 222 g/mol. The normalized spacial score (nSPS) is 10.5. The van der Waals surface area contributed by atoms with Crippen LogP contribution in [0.5, 0.6) is 0 Å². The molecule has 7 nitrogen and oxygen atoms in total. The smallest absolute Gasteiger partial charge is 0.294 e. The van der Waals surface area contributed by atoms with Gasteiger partial charge in [0, 0.05) is 7.05 Å². The van der Waals surface area contributed by atoms with Gasteiger partial charge in [-0.1, -0.05) is 0 Å². The molecule has 7 heteroatoms. The molecule has 0 aliphatic heterocycles. The fourth-order valence-corrected chi connectivity index (χ4v) is 1.51. The van der Waals surface area contributed by atoms with E-state index in [2.05, 4.69) is 15.4 Å². The maximum absolute atomic E-state index is 11.9. The van der Waals surface area contributed by atoms with E-state index in [9.17, 15) is 4.79 Å². The highest BCUT2D eigenvalue weighted by molar-refractivity contribution is 6.03. The average Bonchev–Trinajstić information content (AvgIpc) is 2.78. The van der Waals surface area contributed by atoms with Crippen molar-refractivity contribution < 1.29 is 9.21 Å². The van der Waals surface area contributed by atoms with Crippen LogP contribution in [-0.4, -0.2) is 20.7 Å². The fourth-order valence-electron chi connectivity index (χ4n) is 1.51. The first-order valence-corrected chi connectivity index (χ1v) is 5.01. The Bertz CT molecular complexity index is 569. The highest BCUT2D eigenvalue weighted by Gasteiger charge is 2.18. The lowest BCUT2D eigenvalue weighted by molar-refractivity contribution is 0.0995. The van der Waals surface area contributed by atoms with Crippen LogP contribution in [0.15, 0.2) is 10.8 Å². The number of rotatable bonds is 2. The average molecular weight is 235 g/mol. The fraction of sp³-hybridized carbons (Fsp3) is 0.300. The van der Waals surface area contributed by atoms with E-state index in [-0.39, 0.29) is 5.76 Å². The van der Waals surface area contributed by atoms with Crippen LogP contribution in [0.25, 0.3) is 0 Å². The number of oxazole rings is 1. The van der Waals surface area contributed by atoms with Gasteiger partial charge in [-0.05, 0) is 13.8 Å². The summed E-state index contributed by atoms with van der Waals surface area (Å²) in [6.45, 7) is 3.46. The van der Waals surface area contributed by atoms with Crippen molar-refractivity contribution in [3.63, 3.8) is 0 Å². The molecular formula is C10H13N5O2. The van der Waals surface area contributed by atoms with Crippen LogP contribution in [0.3, 0.4) is 0 Å². The molecule has 1 amide bonds. The largest absolute Gasteiger partial charge is 0.438 e. The van der Waals surface area contributed by atoms with Crippen LogP contribution in [0.4, 0.5) is 11.5 Å². The van der Waals surface area contributed by atoms with Gasteiger partial charge >= 0.3 is 0 Å². The number of nitrogens with zero attached hydrogens (tertiary/aromatic N) is 3. The molecule has 17 heavy (non-hydrogen) atoms. The highest BCUT2D eigenvalue weighted by Crippen LogP contribution is 2.21. The predicted molar refractivity (Wildman–Crippen MR) is 61.6 cm³/mol. The number of anilines is 2. The second-order valence-electron chi connectivity index (χ2n) is 3.69. The Labute approximate surface area is 97.6 Å². The van der Waals surface area contributed by atoms with Crippen molar-refractivity contribution in [3.05, 3.63) is 23.5 Å². The number of nitrogen functional groups attached to an aromatic ring is 1. The third-order valence-corrected chi connectivity index (χ3v) is 2.45. The lowest BCUT2D eigenvalue weighted by Crippen LogP contribution is -2.16. The summed E-state index contributed by atoms with van der Waals surface area (Å²) in [4.78, 5) is 15.7. The Morgan fingerprint density at radius 1 is 1.47 bits per heavy atom. The molecule has 0 aliphatic carbocycles. The van der Waals surface area contributed by atoms with E-state index in [0.29, 0.717) is 22.9 Å². The maximum Gasteiger partial charge on any atom is 0.294 e. The van der Waals surface area contributed by atoms with E-state index in [4.69, 9.17) is 10.2 Å². The molecule has 0 saturated carbocycles. The van der Waals surface area contributed by atoms with Crippen molar-refractivity contribution in [3.8, 4) is 0 Å². The Kier molecular flexibility index (Phi) is 2.58. The molecule has 0 saturated heterocycles. The van der Waals surface area contributed by atoms with E-state index in [1.807, 2.05) is 0 Å². The third kappa shape index (κ3) is 1.86. The van der Waals surface area contributed by atoms with E-state index in [0.717, 1.165) is 0 Å². The molecule has 0 fully saturated rings. The number of nitrogens with one attached hydrogen (secondary N) is 1. The summed E-state index contributed by atoms with van der Waals surface area (Å²) in [7, 11) is 1.70. The number of hydrogen-bond donors (Lipinski definition) is 2. The minimum atomic E-state index is -0.394. The minimum absolute atomic E-state index is 0.170. The number of carbonyl (C=O) groups is 1. The van der Waals surface area contributed by atoms with Crippen molar-refractivity contribution >= 4 is 17.4 Å². The van der Waals surface area contributed by atoms with Gasteiger partial charge in [0.1, 0.15) is 0 Å². The van der Waals surface area contributed by atoms with Gasteiger partial charge in [-0.15, -0.1) is 0 Å². The van der Waals surface area contributed by atoms with Gasteiger partial charge in [-0.3, -0.25) is 9.48 Å². The van der Waals surface area contributed by atoms with Gasteiger partial charge in [0.15, 0.2) is 12.2 Å². The molecule has 0 atom stereocenters. The number of aromatic nitrogens is 3. The van der Waals surface area contributed by atoms with Gasteiger partial charge in [0.25, 0.3) is 5.91 Å². The Morgan fingerprint density at radius 2 is 2.18 bits per heavy atom. The van der Waals surface area contributed by atoms with E-state index in [1.165, 1.54) is 11.1 Å². The van der Waals surface area contributed by atoms with Crippen LogP contribution in [0.2, 0.25) is 0 Å². The summed E-state index contributed by atoms with van der Waals surface area (Å²) < 4.78 is 6.50. The summed E-state index contributed by atoms with van der Waals surface area (Å²) in [5.41, 5.74) is 7.43. The summed E-state index contributed by atoms with van der Waals surface area (Å²) in [6, 6.07) is 0. The molecule has 0 radical (unpaired) electrons. The zero-order chi connectivity index (χ0) is 12.6. The maximum atomic E-state index is 11.9. The number of amides is 1. The summed E-state index contributed by atoms with van der Waals surface area (Å²) in [5, 5.41) is 6.74. The van der Waals surface area contributed by atoms with Crippen molar-refractivity contribution in [1.29, 1.82) is 0 Å².